The minimum absolute atomic E-state index is 0.0332. The van der Waals surface area contributed by atoms with Crippen LogP contribution in [-0.4, -0.2) is 46.5 Å². The summed E-state index contributed by atoms with van der Waals surface area (Å²) in [6.07, 6.45) is 1.71. The molecule has 0 radical (unpaired) electrons. The zero-order valence-corrected chi connectivity index (χ0v) is 12.8. The molecule has 1 aliphatic rings. The summed E-state index contributed by atoms with van der Waals surface area (Å²) in [4.78, 5) is 36.3. The molecule has 0 aromatic rings. The summed E-state index contributed by atoms with van der Waals surface area (Å²) in [5, 5.41) is 11.7. The van der Waals surface area contributed by atoms with Gasteiger partial charge in [-0.15, -0.1) is 0 Å². The van der Waals surface area contributed by atoms with E-state index in [2.05, 4.69) is 5.32 Å². The van der Waals surface area contributed by atoms with Gasteiger partial charge in [0.15, 0.2) is 0 Å². The van der Waals surface area contributed by atoms with Crippen LogP contribution in [0.5, 0.6) is 0 Å². The molecular weight excluding hydrogens is 274 g/mol. The fourth-order valence-corrected chi connectivity index (χ4v) is 2.55. The topological polar surface area (TPSA) is 113 Å². The zero-order chi connectivity index (χ0) is 16.2. The first-order chi connectivity index (χ1) is 9.72. The number of hydrogen-bond donors (Lipinski definition) is 3. The number of urea groups is 1. The Morgan fingerprint density at radius 1 is 1.33 bits per heavy atom. The van der Waals surface area contributed by atoms with Gasteiger partial charge in [-0.05, 0) is 32.1 Å². The number of nitrogens with two attached hydrogens (primary N) is 1. The Balaban J connectivity index is 2.71. The van der Waals surface area contributed by atoms with Crippen molar-refractivity contribution in [2.24, 2.45) is 17.6 Å². The van der Waals surface area contributed by atoms with Crippen molar-refractivity contribution < 1.29 is 19.5 Å². The SMILES string of the molecule is CC(C)C[C@@H](NC(=O)N1CC(C(N)=O)CCC1C)C(=O)O. The lowest BCUT2D eigenvalue weighted by molar-refractivity contribution is -0.139. The van der Waals surface area contributed by atoms with Gasteiger partial charge in [0, 0.05) is 12.6 Å². The molecule has 1 rings (SSSR count). The number of rotatable bonds is 5. The summed E-state index contributed by atoms with van der Waals surface area (Å²) in [5.74, 6) is -1.67. The zero-order valence-electron chi connectivity index (χ0n) is 12.8. The second-order valence-electron chi connectivity index (χ2n) is 6.15. The first kappa shape index (κ1) is 17.3. The normalized spacial score (nSPS) is 23.7. The molecule has 3 atom stereocenters. The molecule has 1 fully saturated rings. The largest absolute Gasteiger partial charge is 0.480 e. The third-order valence-electron chi connectivity index (χ3n) is 3.85. The van der Waals surface area contributed by atoms with Gasteiger partial charge < -0.3 is 21.1 Å². The van der Waals surface area contributed by atoms with Crippen molar-refractivity contribution >= 4 is 17.9 Å². The number of carboxylic acids is 1. The predicted molar refractivity (Wildman–Crippen MR) is 77.5 cm³/mol. The second kappa shape index (κ2) is 7.28. The van der Waals surface area contributed by atoms with Gasteiger partial charge in [-0.2, -0.15) is 0 Å². The van der Waals surface area contributed by atoms with E-state index in [0.29, 0.717) is 19.3 Å². The summed E-state index contributed by atoms with van der Waals surface area (Å²) in [5.41, 5.74) is 5.30. The minimum Gasteiger partial charge on any atom is -0.480 e. The van der Waals surface area contributed by atoms with Crippen LogP contribution in [0.15, 0.2) is 0 Å². The molecular formula is C14H25N3O4. The number of carboxylic acid groups (broad SMARTS) is 1. The first-order valence-electron chi connectivity index (χ1n) is 7.31. The van der Waals surface area contributed by atoms with Crippen molar-refractivity contribution in [2.45, 2.75) is 52.1 Å². The summed E-state index contributed by atoms with van der Waals surface area (Å²) >= 11 is 0. The van der Waals surface area contributed by atoms with E-state index in [9.17, 15) is 14.4 Å². The number of aliphatic carboxylic acids is 1. The Hall–Kier alpha value is -1.79. The lowest BCUT2D eigenvalue weighted by atomic mass is 9.93. The van der Waals surface area contributed by atoms with Gasteiger partial charge in [-0.1, -0.05) is 13.8 Å². The molecule has 7 heteroatoms. The van der Waals surface area contributed by atoms with Crippen molar-refractivity contribution in [3.05, 3.63) is 0 Å². The van der Waals surface area contributed by atoms with Crippen LogP contribution in [0.4, 0.5) is 4.79 Å². The molecule has 1 aliphatic heterocycles. The maximum Gasteiger partial charge on any atom is 0.326 e. The Morgan fingerprint density at radius 2 is 1.95 bits per heavy atom. The predicted octanol–water partition coefficient (Wildman–Crippen LogP) is 0.781. The van der Waals surface area contributed by atoms with Crippen LogP contribution in [0.2, 0.25) is 0 Å². The van der Waals surface area contributed by atoms with Gasteiger partial charge >= 0.3 is 12.0 Å². The van der Waals surface area contributed by atoms with Crippen LogP contribution in [0, 0.1) is 11.8 Å². The number of nitrogens with zero attached hydrogens (tertiary/aromatic N) is 1. The average Bonchev–Trinajstić information content (AvgIpc) is 2.37. The Morgan fingerprint density at radius 3 is 2.43 bits per heavy atom. The molecule has 1 heterocycles. The van der Waals surface area contributed by atoms with E-state index in [0.717, 1.165) is 0 Å². The number of hydrogen-bond acceptors (Lipinski definition) is 3. The van der Waals surface area contributed by atoms with Crippen molar-refractivity contribution in [3.8, 4) is 0 Å². The van der Waals surface area contributed by atoms with E-state index in [1.807, 2.05) is 20.8 Å². The summed E-state index contributed by atoms with van der Waals surface area (Å²) < 4.78 is 0. The van der Waals surface area contributed by atoms with Crippen LogP contribution >= 0.6 is 0 Å². The Kier molecular flexibility index (Phi) is 5.99. The molecule has 0 saturated carbocycles. The summed E-state index contributed by atoms with van der Waals surface area (Å²) in [7, 11) is 0. The highest BCUT2D eigenvalue weighted by Gasteiger charge is 2.33. The van der Waals surface area contributed by atoms with Crippen molar-refractivity contribution in [3.63, 3.8) is 0 Å². The molecule has 0 bridgehead atoms. The number of nitrogens with one attached hydrogen (secondary N) is 1. The monoisotopic (exact) mass is 299 g/mol. The highest BCUT2D eigenvalue weighted by molar-refractivity contribution is 5.83. The molecule has 7 nitrogen and oxygen atoms in total. The molecule has 3 amide bonds. The quantitative estimate of drug-likeness (QED) is 0.696. The number of amides is 3. The van der Waals surface area contributed by atoms with Gasteiger partial charge in [0.25, 0.3) is 0 Å². The van der Waals surface area contributed by atoms with Gasteiger partial charge in [0.1, 0.15) is 6.04 Å². The molecule has 0 spiro atoms. The number of piperidine rings is 1. The van der Waals surface area contributed by atoms with Crippen LogP contribution in [0.25, 0.3) is 0 Å². The average molecular weight is 299 g/mol. The van der Waals surface area contributed by atoms with Gasteiger partial charge in [0.2, 0.25) is 5.91 Å². The van der Waals surface area contributed by atoms with E-state index in [1.54, 1.807) is 0 Å². The highest BCUT2D eigenvalue weighted by Crippen LogP contribution is 2.22. The van der Waals surface area contributed by atoms with E-state index < -0.39 is 23.9 Å². The van der Waals surface area contributed by atoms with Crippen LogP contribution < -0.4 is 11.1 Å². The lowest BCUT2D eigenvalue weighted by Gasteiger charge is -2.37. The Bertz CT molecular complexity index is 411. The maximum absolute atomic E-state index is 12.3. The third kappa shape index (κ3) is 4.91. The molecule has 0 aliphatic carbocycles. The molecule has 21 heavy (non-hydrogen) atoms. The Labute approximate surface area is 124 Å². The van der Waals surface area contributed by atoms with Gasteiger partial charge in [-0.3, -0.25) is 4.79 Å². The fraction of sp³-hybridized carbons (Fsp3) is 0.786. The third-order valence-corrected chi connectivity index (χ3v) is 3.85. The minimum atomic E-state index is -1.05. The van der Waals surface area contributed by atoms with E-state index in [1.165, 1.54) is 4.90 Å². The highest BCUT2D eigenvalue weighted by atomic mass is 16.4. The van der Waals surface area contributed by atoms with Crippen molar-refractivity contribution in [1.82, 2.24) is 10.2 Å². The molecule has 2 unspecified atom stereocenters. The number of carbonyl (C=O) groups is 3. The molecule has 0 aromatic heterocycles. The molecule has 0 aromatic carbocycles. The van der Waals surface area contributed by atoms with Crippen LogP contribution in [-0.2, 0) is 9.59 Å². The molecule has 1 saturated heterocycles. The smallest absolute Gasteiger partial charge is 0.326 e. The molecule has 4 N–H and O–H groups in total. The van der Waals surface area contributed by atoms with Crippen molar-refractivity contribution in [2.75, 3.05) is 6.54 Å². The van der Waals surface area contributed by atoms with E-state index >= 15 is 0 Å². The number of likely N-dealkylation sites (tertiary alicyclic amines) is 1. The maximum atomic E-state index is 12.3. The first-order valence-corrected chi connectivity index (χ1v) is 7.31. The summed E-state index contributed by atoms with van der Waals surface area (Å²) in [6, 6.07) is -1.39. The number of carbonyl (C=O) groups excluding carboxylic acids is 2. The van der Waals surface area contributed by atoms with Crippen LogP contribution in [0.1, 0.15) is 40.0 Å². The summed E-state index contributed by atoms with van der Waals surface area (Å²) in [6.45, 7) is 5.93. The molecule has 120 valence electrons. The fourth-order valence-electron chi connectivity index (χ4n) is 2.55. The standard InChI is InChI=1S/C14H25N3O4/c1-8(2)6-11(13(19)20)16-14(21)17-7-10(12(15)18)5-4-9(17)3/h8-11H,4-7H2,1-3H3,(H2,15,18)(H,16,21)(H,19,20)/t9?,10?,11-/m1/s1. The van der Waals surface area contributed by atoms with Gasteiger partial charge in [0.05, 0.1) is 5.92 Å². The van der Waals surface area contributed by atoms with Crippen molar-refractivity contribution in [1.29, 1.82) is 0 Å². The lowest BCUT2D eigenvalue weighted by Crippen LogP contribution is -2.55. The number of primary amides is 1. The van der Waals surface area contributed by atoms with E-state index in [4.69, 9.17) is 10.8 Å². The van der Waals surface area contributed by atoms with Gasteiger partial charge in [-0.25, -0.2) is 9.59 Å². The van der Waals surface area contributed by atoms with Crippen LogP contribution in [0.3, 0.4) is 0 Å². The second-order valence-corrected chi connectivity index (χ2v) is 6.15. The van der Waals surface area contributed by atoms with E-state index in [-0.39, 0.29) is 24.4 Å².